The summed E-state index contributed by atoms with van der Waals surface area (Å²) in [4.78, 5) is 39.3. The van der Waals surface area contributed by atoms with Crippen molar-refractivity contribution in [2.75, 3.05) is 24.5 Å². The number of anilines is 1. The van der Waals surface area contributed by atoms with Crippen molar-refractivity contribution in [1.29, 1.82) is 0 Å². The molecule has 1 N–H and O–H groups in total. The monoisotopic (exact) mass is 350 g/mol. The van der Waals surface area contributed by atoms with Crippen molar-refractivity contribution in [2.24, 2.45) is 11.8 Å². The highest BCUT2D eigenvalue weighted by Gasteiger charge is 2.39. The van der Waals surface area contributed by atoms with E-state index in [2.05, 4.69) is 0 Å². The first kappa shape index (κ1) is 16.8. The topological polar surface area (TPSA) is 77.9 Å². The molecule has 6 nitrogen and oxygen atoms in total. The zero-order chi connectivity index (χ0) is 17.3. The van der Waals surface area contributed by atoms with Gasteiger partial charge in [-0.05, 0) is 37.1 Å². The van der Waals surface area contributed by atoms with E-state index in [0.717, 1.165) is 5.69 Å². The first-order valence-corrected chi connectivity index (χ1v) is 8.41. The molecule has 2 aliphatic rings. The molecule has 0 bridgehead atoms. The second-order valence-corrected chi connectivity index (χ2v) is 6.78. The molecule has 0 spiro atoms. The highest BCUT2D eigenvalue weighted by molar-refractivity contribution is 6.30. The number of carbonyl (C=O) groups excluding carboxylic acids is 2. The summed E-state index contributed by atoms with van der Waals surface area (Å²) in [5, 5.41) is 9.74. The van der Waals surface area contributed by atoms with Crippen molar-refractivity contribution < 1.29 is 19.5 Å². The van der Waals surface area contributed by atoms with Crippen LogP contribution in [0.2, 0.25) is 5.02 Å². The number of aliphatic carboxylic acids is 1. The summed E-state index contributed by atoms with van der Waals surface area (Å²) in [5.41, 5.74) is 0.724. The van der Waals surface area contributed by atoms with Crippen molar-refractivity contribution in [1.82, 2.24) is 4.90 Å². The number of halogens is 1. The number of rotatable bonds is 3. The summed E-state index contributed by atoms with van der Waals surface area (Å²) >= 11 is 5.86. The second kappa shape index (κ2) is 6.81. The van der Waals surface area contributed by atoms with E-state index in [0.29, 0.717) is 31.0 Å². The number of piperidine rings is 1. The summed E-state index contributed by atoms with van der Waals surface area (Å²) in [7, 11) is 0. The van der Waals surface area contributed by atoms with Gasteiger partial charge in [-0.2, -0.15) is 0 Å². The van der Waals surface area contributed by atoms with Crippen LogP contribution in [0.25, 0.3) is 0 Å². The van der Waals surface area contributed by atoms with Crippen LogP contribution in [0.5, 0.6) is 0 Å². The maximum atomic E-state index is 12.7. The normalized spacial score (nSPS) is 24.3. The van der Waals surface area contributed by atoms with Crippen LogP contribution >= 0.6 is 11.6 Å². The Balaban J connectivity index is 1.67. The summed E-state index contributed by atoms with van der Waals surface area (Å²) in [6.07, 6.45) is 1.44. The molecular weight excluding hydrogens is 332 g/mol. The molecule has 0 unspecified atom stereocenters. The molecule has 0 aliphatic carbocycles. The maximum absolute atomic E-state index is 12.7. The molecule has 2 atom stereocenters. The third-order valence-electron chi connectivity index (χ3n) is 4.69. The molecule has 7 heteroatoms. The van der Waals surface area contributed by atoms with E-state index in [-0.39, 0.29) is 24.8 Å². The molecule has 0 saturated carbocycles. The van der Waals surface area contributed by atoms with E-state index in [9.17, 15) is 14.4 Å². The van der Waals surface area contributed by atoms with Crippen molar-refractivity contribution in [3.8, 4) is 0 Å². The highest BCUT2D eigenvalue weighted by Crippen LogP contribution is 2.28. The van der Waals surface area contributed by atoms with Crippen LogP contribution < -0.4 is 4.90 Å². The molecule has 1 aromatic rings. The minimum absolute atomic E-state index is 0.0949. The van der Waals surface area contributed by atoms with E-state index < -0.39 is 17.8 Å². The number of hydrogen-bond acceptors (Lipinski definition) is 3. The van der Waals surface area contributed by atoms with E-state index in [1.165, 1.54) is 0 Å². The molecule has 2 fully saturated rings. The molecule has 2 heterocycles. The van der Waals surface area contributed by atoms with Gasteiger partial charge in [0.15, 0.2) is 0 Å². The molecule has 2 saturated heterocycles. The zero-order valence-electron chi connectivity index (χ0n) is 13.2. The summed E-state index contributed by atoms with van der Waals surface area (Å²) < 4.78 is 0. The molecular formula is C17H19ClN2O4. The van der Waals surface area contributed by atoms with Crippen molar-refractivity contribution in [3.63, 3.8) is 0 Å². The third kappa shape index (κ3) is 3.38. The SMILES string of the molecule is O=C(O)[C@@H]1CCCN(C(=O)[C@H]2CC(=O)N(c3ccc(Cl)cc3)C2)C1. The number of likely N-dealkylation sites (tertiary alicyclic amines) is 1. The quantitative estimate of drug-likeness (QED) is 0.904. The number of benzene rings is 1. The Morgan fingerprint density at radius 3 is 2.50 bits per heavy atom. The Bertz CT molecular complexity index is 661. The molecule has 3 rings (SSSR count). The molecule has 2 aliphatic heterocycles. The van der Waals surface area contributed by atoms with Crippen molar-refractivity contribution in [3.05, 3.63) is 29.3 Å². The van der Waals surface area contributed by atoms with E-state index in [4.69, 9.17) is 16.7 Å². The van der Waals surface area contributed by atoms with Crippen molar-refractivity contribution in [2.45, 2.75) is 19.3 Å². The van der Waals surface area contributed by atoms with Gasteiger partial charge in [0.1, 0.15) is 0 Å². The molecule has 0 radical (unpaired) electrons. The van der Waals surface area contributed by atoms with Gasteiger partial charge in [-0.3, -0.25) is 14.4 Å². The van der Waals surface area contributed by atoms with Crippen LogP contribution in [0.3, 0.4) is 0 Å². The Morgan fingerprint density at radius 1 is 1.12 bits per heavy atom. The van der Waals surface area contributed by atoms with Gasteiger partial charge in [-0.1, -0.05) is 11.6 Å². The summed E-state index contributed by atoms with van der Waals surface area (Å²) in [5.74, 6) is -2.00. The standard InChI is InChI=1S/C17H19ClN2O4/c18-13-3-5-14(6-4-13)20-10-12(8-15(20)21)16(22)19-7-1-2-11(9-19)17(23)24/h3-6,11-12H,1-2,7-10H2,(H,23,24)/t11-,12+/m1/s1. The fourth-order valence-electron chi connectivity index (χ4n) is 3.38. The predicted octanol–water partition coefficient (Wildman–Crippen LogP) is 2.02. The third-order valence-corrected chi connectivity index (χ3v) is 4.95. The van der Waals surface area contributed by atoms with Gasteiger partial charge in [0, 0.05) is 36.8 Å². The van der Waals surface area contributed by atoms with Gasteiger partial charge in [0.2, 0.25) is 11.8 Å². The maximum Gasteiger partial charge on any atom is 0.308 e. The number of carboxylic acid groups (broad SMARTS) is 1. The lowest BCUT2D eigenvalue weighted by Crippen LogP contribution is -2.45. The molecule has 1 aromatic carbocycles. The molecule has 24 heavy (non-hydrogen) atoms. The van der Waals surface area contributed by atoms with Crippen LogP contribution in [0.15, 0.2) is 24.3 Å². The highest BCUT2D eigenvalue weighted by atomic mass is 35.5. The van der Waals surface area contributed by atoms with E-state index in [1.54, 1.807) is 34.1 Å². The van der Waals surface area contributed by atoms with Gasteiger partial charge in [0.05, 0.1) is 11.8 Å². The molecule has 128 valence electrons. The number of hydrogen-bond donors (Lipinski definition) is 1. The lowest BCUT2D eigenvalue weighted by Gasteiger charge is -2.32. The molecule has 0 aromatic heterocycles. The van der Waals surface area contributed by atoms with Crippen LogP contribution in [-0.4, -0.2) is 47.4 Å². The number of nitrogens with zero attached hydrogens (tertiary/aromatic N) is 2. The largest absolute Gasteiger partial charge is 0.481 e. The fraction of sp³-hybridized carbons (Fsp3) is 0.471. The minimum Gasteiger partial charge on any atom is -0.481 e. The first-order chi connectivity index (χ1) is 11.5. The average molecular weight is 351 g/mol. The summed E-state index contributed by atoms with van der Waals surface area (Å²) in [6.45, 7) is 1.13. The smallest absolute Gasteiger partial charge is 0.308 e. The van der Waals surface area contributed by atoms with Crippen LogP contribution in [0.1, 0.15) is 19.3 Å². The van der Waals surface area contributed by atoms with E-state index in [1.807, 2.05) is 0 Å². The van der Waals surface area contributed by atoms with Gasteiger partial charge >= 0.3 is 5.97 Å². The van der Waals surface area contributed by atoms with Gasteiger partial charge < -0.3 is 14.9 Å². The van der Waals surface area contributed by atoms with Gasteiger partial charge in [0.25, 0.3) is 0 Å². The number of carbonyl (C=O) groups is 3. The number of carboxylic acids is 1. The Labute approximate surface area is 145 Å². The lowest BCUT2D eigenvalue weighted by atomic mass is 9.96. The fourth-order valence-corrected chi connectivity index (χ4v) is 3.51. The van der Waals surface area contributed by atoms with Crippen LogP contribution in [0, 0.1) is 11.8 Å². The average Bonchev–Trinajstić information content (AvgIpc) is 2.97. The van der Waals surface area contributed by atoms with Crippen molar-refractivity contribution >= 4 is 35.1 Å². The second-order valence-electron chi connectivity index (χ2n) is 6.34. The minimum atomic E-state index is -0.863. The van der Waals surface area contributed by atoms with Gasteiger partial charge in [-0.15, -0.1) is 0 Å². The Kier molecular flexibility index (Phi) is 4.76. The van der Waals surface area contributed by atoms with E-state index >= 15 is 0 Å². The van der Waals surface area contributed by atoms with Crippen LogP contribution in [0.4, 0.5) is 5.69 Å². The Morgan fingerprint density at radius 2 is 1.83 bits per heavy atom. The van der Waals surface area contributed by atoms with Gasteiger partial charge in [-0.25, -0.2) is 0 Å². The predicted molar refractivity (Wildman–Crippen MR) is 88.9 cm³/mol. The Hall–Kier alpha value is -2.08. The summed E-state index contributed by atoms with van der Waals surface area (Å²) in [6, 6.07) is 6.94. The number of amides is 2. The first-order valence-electron chi connectivity index (χ1n) is 8.03. The van der Waals surface area contributed by atoms with Crippen LogP contribution in [-0.2, 0) is 14.4 Å². The molecule has 2 amide bonds. The zero-order valence-corrected chi connectivity index (χ0v) is 13.9. The lowest BCUT2D eigenvalue weighted by molar-refractivity contribution is -0.146.